The Morgan fingerprint density at radius 3 is 2.48 bits per heavy atom. The summed E-state index contributed by atoms with van der Waals surface area (Å²) in [4.78, 5) is 28.9. The van der Waals surface area contributed by atoms with Gasteiger partial charge in [0, 0.05) is 17.1 Å². The number of nitrogens with zero attached hydrogens (tertiary/aromatic N) is 2. The molecular weight excluding hydrogens is 398 g/mol. The summed E-state index contributed by atoms with van der Waals surface area (Å²) in [5.74, 6) is -3.46. The molecule has 0 saturated carbocycles. The van der Waals surface area contributed by atoms with Crippen LogP contribution in [0.1, 0.15) is 17.8 Å². The number of carbonyl (C=O) groups excluding carboxylic acids is 1. The summed E-state index contributed by atoms with van der Waals surface area (Å²) in [7, 11) is 0. The summed E-state index contributed by atoms with van der Waals surface area (Å²) in [5.41, 5.74) is 0.795. The van der Waals surface area contributed by atoms with E-state index >= 15 is 0 Å². The highest BCUT2D eigenvalue weighted by Crippen LogP contribution is 2.29. The Kier molecular flexibility index (Phi) is 5.67. The van der Waals surface area contributed by atoms with Crippen molar-refractivity contribution in [3.63, 3.8) is 0 Å². The van der Waals surface area contributed by atoms with Crippen molar-refractivity contribution >= 4 is 50.7 Å². The predicted octanol–water partition coefficient (Wildman–Crippen LogP) is 4.63. The van der Waals surface area contributed by atoms with Gasteiger partial charge in [0.2, 0.25) is 5.91 Å². The van der Waals surface area contributed by atoms with E-state index < -0.39 is 23.5 Å². The lowest BCUT2D eigenvalue weighted by Gasteiger charge is -2.21. The van der Waals surface area contributed by atoms with Crippen LogP contribution in [-0.4, -0.2) is 22.0 Å². The molecular formula is C18H13ClF2N2O3S. The van der Waals surface area contributed by atoms with E-state index in [0.717, 1.165) is 17.4 Å². The number of carboxylic acid groups (broad SMARTS) is 1. The van der Waals surface area contributed by atoms with E-state index in [-0.39, 0.29) is 24.1 Å². The maximum atomic E-state index is 13.9. The molecule has 0 fully saturated rings. The molecule has 0 aliphatic carbocycles. The van der Waals surface area contributed by atoms with Crippen LogP contribution in [0.4, 0.5) is 14.5 Å². The largest absolute Gasteiger partial charge is 0.481 e. The fourth-order valence-corrected chi connectivity index (χ4v) is 3.58. The Hall–Kier alpha value is -2.58. The summed E-state index contributed by atoms with van der Waals surface area (Å²) in [6.07, 6.45) is -0.519. The van der Waals surface area contributed by atoms with Crippen molar-refractivity contribution in [2.45, 2.75) is 19.4 Å². The van der Waals surface area contributed by atoms with Crippen molar-refractivity contribution in [2.24, 2.45) is 0 Å². The fourth-order valence-electron chi connectivity index (χ4n) is 2.48. The Balaban J connectivity index is 1.93. The minimum atomic E-state index is -1.09. The highest BCUT2D eigenvalue weighted by atomic mass is 35.5. The molecule has 0 bridgehead atoms. The number of aromatic nitrogens is 1. The number of thiazole rings is 1. The predicted molar refractivity (Wildman–Crippen MR) is 99.0 cm³/mol. The van der Waals surface area contributed by atoms with Crippen LogP contribution in [0.25, 0.3) is 10.2 Å². The van der Waals surface area contributed by atoms with Gasteiger partial charge in [-0.3, -0.25) is 9.59 Å². The molecule has 0 unspecified atom stereocenters. The Bertz CT molecular complexity index is 1010. The van der Waals surface area contributed by atoms with Crippen LogP contribution in [0.3, 0.4) is 0 Å². The van der Waals surface area contributed by atoms with E-state index in [9.17, 15) is 18.4 Å². The van der Waals surface area contributed by atoms with Crippen LogP contribution in [0, 0.1) is 11.6 Å². The summed E-state index contributed by atoms with van der Waals surface area (Å²) in [6, 6.07) is 8.80. The standard InChI is InChI=1S/C18H13ClF2N2O3S/c19-10-1-3-11(4-2-10)23(15(24)7-8-16(25)26)9-14-22-13-6-5-12(20)17(21)18(13)27-14/h1-6H,7-9H2,(H,25,26). The van der Waals surface area contributed by atoms with Gasteiger partial charge in [0.05, 0.1) is 23.2 Å². The fraction of sp³-hybridized carbons (Fsp3) is 0.167. The minimum absolute atomic E-state index is 0.000487. The first-order chi connectivity index (χ1) is 12.8. The molecule has 9 heteroatoms. The monoisotopic (exact) mass is 410 g/mol. The normalized spacial score (nSPS) is 10.9. The number of hydrogen-bond donors (Lipinski definition) is 1. The van der Waals surface area contributed by atoms with Gasteiger partial charge < -0.3 is 10.0 Å². The van der Waals surface area contributed by atoms with E-state index in [1.54, 1.807) is 24.3 Å². The first kappa shape index (κ1) is 19.2. The molecule has 2 aromatic carbocycles. The zero-order valence-electron chi connectivity index (χ0n) is 13.8. The molecule has 0 aliphatic rings. The van der Waals surface area contributed by atoms with E-state index in [2.05, 4.69) is 4.98 Å². The lowest BCUT2D eigenvalue weighted by Crippen LogP contribution is -2.30. The number of fused-ring (bicyclic) bond motifs is 1. The number of carboxylic acids is 1. The Labute approximate surface area is 161 Å². The van der Waals surface area contributed by atoms with Crippen molar-refractivity contribution in [1.29, 1.82) is 0 Å². The highest BCUT2D eigenvalue weighted by Gasteiger charge is 2.20. The van der Waals surface area contributed by atoms with Crippen LogP contribution in [0.2, 0.25) is 5.02 Å². The third-order valence-corrected chi connectivity index (χ3v) is 5.08. The third-order valence-electron chi connectivity index (χ3n) is 3.78. The van der Waals surface area contributed by atoms with E-state index in [4.69, 9.17) is 16.7 Å². The number of amides is 1. The molecule has 0 atom stereocenters. The zero-order valence-corrected chi connectivity index (χ0v) is 15.4. The van der Waals surface area contributed by atoms with E-state index in [1.807, 2.05) is 0 Å². The highest BCUT2D eigenvalue weighted by molar-refractivity contribution is 7.18. The molecule has 0 aliphatic heterocycles. The minimum Gasteiger partial charge on any atom is -0.481 e. The molecule has 1 N–H and O–H groups in total. The lowest BCUT2D eigenvalue weighted by atomic mass is 10.2. The molecule has 1 heterocycles. The smallest absolute Gasteiger partial charge is 0.303 e. The van der Waals surface area contributed by atoms with Gasteiger partial charge >= 0.3 is 5.97 Å². The van der Waals surface area contributed by atoms with Crippen LogP contribution in [0.15, 0.2) is 36.4 Å². The van der Waals surface area contributed by atoms with Gasteiger partial charge in [-0.05, 0) is 36.4 Å². The first-order valence-electron chi connectivity index (χ1n) is 7.86. The van der Waals surface area contributed by atoms with Gasteiger partial charge in [-0.25, -0.2) is 13.8 Å². The molecule has 0 radical (unpaired) electrons. The second-order valence-electron chi connectivity index (χ2n) is 5.67. The number of hydrogen-bond acceptors (Lipinski definition) is 4. The van der Waals surface area contributed by atoms with Gasteiger partial charge in [-0.15, -0.1) is 11.3 Å². The van der Waals surface area contributed by atoms with Gasteiger partial charge in [-0.2, -0.15) is 0 Å². The Morgan fingerprint density at radius 2 is 1.81 bits per heavy atom. The van der Waals surface area contributed by atoms with Crippen molar-refractivity contribution < 1.29 is 23.5 Å². The molecule has 27 heavy (non-hydrogen) atoms. The molecule has 1 aromatic heterocycles. The van der Waals surface area contributed by atoms with Crippen LogP contribution in [0.5, 0.6) is 0 Å². The summed E-state index contributed by atoms with van der Waals surface area (Å²) < 4.78 is 27.4. The number of carbonyl (C=O) groups is 2. The van der Waals surface area contributed by atoms with Crippen molar-refractivity contribution in [1.82, 2.24) is 4.98 Å². The average Bonchev–Trinajstić information content (AvgIpc) is 3.05. The van der Waals surface area contributed by atoms with Gasteiger partial charge in [0.25, 0.3) is 0 Å². The molecule has 0 saturated heterocycles. The third kappa shape index (κ3) is 4.40. The van der Waals surface area contributed by atoms with Crippen LogP contribution in [-0.2, 0) is 16.1 Å². The number of rotatable bonds is 6. The number of anilines is 1. The average molecular weight is 411 g/mol. The van der Waals surface area contributed by atoms with E-state index in [0.29, 0.717) is 21.2 Å². The van der Waals surface area contributed by atoms with Crippen LogP contribution < -0.4 is 4.90 Å². The molecule has 0 spiro atoms. The van der Waals surface area contributed by atoms with Crippen molar-refractivity contribution in [3.8, 4) is 0 Å². The number of aliphatic carboxylic acids is 1. The molecule has 5 nitrogen and oxygen atoms in total. The summed E-state index contributed by atoms with van der Waals surface area (Å²) in [5, 5.41) is 9.69. The zero-order chi connectivity index (χ0) is 19.6. The van der Waals surface area contributed by atoms with Gasteiger partial charge in [-0.1, -0.05) is 11.6 Å². The first-order valence-corrected chi connectivity index (χ1v) is 9.05. The summed E-state index contributed by atoms with van der Waals surface area (Å²) in [6.45, 7) is 0.000487. The van der Waals surface area contributed by atoms with Crippen LogP contribution >= 0.6 is 22.9 Å². The second kappa shape index (κ2) is 7.98. The summed E-state index contributed by atoms with van der Waals surface area (Å²) >= 11 is 6.82. The lowest BCUT2D eigenvalue weighted by molar-refractivity contribution is -0.138. The van der Waals surface area contributed by atoms with Crippen molar-refractivity contribution in [2.75, 3.05) is 4.90 Å². The number of benzene rings is 2. The van der Waals surface area contributed by atoms with E-state index in [1.165, 1.54) is 11.0 Å². The van der Waals surface area contributed by atoms with Crippen molar-refractivity contribution in [3.05, 3.63) is 58.1 Å². The molecule has 140 valence electrons. The Morgan fingerprint density at radius 1 is 1.11 bits per heavy atom. The SMILES string of the molecule is O=C(O)CCC(=O)N(Cc1nc2ccc(F)c(F)c2s1)c1ccc(Cl)cc1. The second-order valence-corrected chi connectivity index (χ2v) is 7.19. The molecule has 3 aromatic rings. The quantitative estimate of drug-likeness (QED) is 0.643. The topological polar surface area (TPSA) is 70.5 Å². The van der Waals surface area contributed by atoms with Gasteiger partial charge in [0.15, 0.2) is 11.6 Å². The number of halogens is 3. The molecule has 1 amide bonds. The molecule has 3 rings (SSSR count). The maximum absolute atomic E-state index is 13.9. The van der Waals surface area contributed by atoms with Gasteiger partial charge in [0.1, 0.15) is 5.01 Å². The maximum Gasteiger partial charge on any atom is 0.303 e.